The summed E-state index contributed by atoms with van der Waals surface area (Å²) in [6.45, 7) is 1.27. The molecule has 1 aliphatic rings. The molecule has 1 N–H and O–H groups in total. The van der Waals surface area contributed by atoms with E-state index >= 15 is 0 Å². The van der Waals surface area contributed by atoms with Gasteiger partial charge in [0, 0.05) is 24.7 Å². The summed E-state index contributed by atoms with van der Waals surface area (Å²) in [7, 11) is 0. The number of piperidine rings is 1. The number of para-hydroxylation sites is 2. The van der Waals surface area contributed by atoms with Crippen molar-refractivity contribution in [1.82, 2.24) is 4.90 Å². The van der Waals surface area contributed by atoms with Gasteiger partial charge in [-0.3, -0.25) is 9.59 Å². The van der Waals surface area contributed by atoms with Gasteiger partial charge in [0.1, 0.15) is 18.2 Å². The van der Waals surface area contributed by atoms with Crippen molar-refractivity contribution in [2.45, 2.75) is 19.4 Å². The minimum atomic E-state index is -0.301. The number of carbonyl (C=O) groups is 2. The fourth-order valence-electron chi connectivity index (χ4n) is 3.79. The number of nitrogens with zero attached hydrogens (tertiary/aromatic N) is 1. The average Bonchev–Trinajstić information content (AvgIpc) is 2.84. The number of carbonyl (C=O) groups excluding carboxylic acids is 2. The van der Waals surface area contributed by atoms with E-state index in [2.05, 4.69) is 5.32 Å². The molecule has 1 aliphatic heterocycles. The van der Waals surface area contributed by atoms with Crippen LogP contribution in [0.4, 0.5) is 10.1 Å². The molecule has 0 radical (unpaired) electrons. The first-order valence-electron chi connectivity index (χ1n) is 10.7. The van der Waals surface area contributed by atoms with Gasteiger partial charge in [0.25, 0.3) is 5.91 Å². The van der Waals surface area contributed by atoms with Gasteiger partial charge >= 0.3 is 0 Å². The van der Waals surface area contributed by atoms with Gasteiger partial charge in [-0.05, 0) is 54.8 Å². The van der Waals surface area contributed by atoms with Crippen molar-refractivity contribution < 1.29 is 18.7 Å². The third-order valence-corrected chi connectivity index (χ3v) is 5.62. The van der Waals surface area contributed by atoms with Gasteiger partial charge in [-0.1, -0.05) is 42.5 Å². The molecule has 3 aromatic rings. The van der Waals surface area contributed by atoms with Gasteiger partial charge in [0.05, 0.1) is 5.56 Å². The van der Waals surface area contributed by atoms with E-state index in [0.717, 1.165) is 11.3 Å². The third-order valence-electron chi connectivity index (χ3n) is 5.62. The zero-order valence-electron chi connectivity index (χ0n) is 17.7. The van der Waals surface area contributed by atoms with E-state index in [1.165, 1.54) is 12.1 Å². The molecule has 0 bridgehead atoms. The zero-order valence-corrected chi connectivity index (χ0v) is 17.7. The second-order valence-electron chi connectivity index (χ2n) is 7.83. The topological polar surface area (TPSA) is 58.6 Å². The lowest BCUT2D eigenvalue weighted by molar-refractivity contribution is -0.121. The fraction of sp³-hybridized carbons (Fsp3) is 0.231. The average molecular weight is 432 g/mol. The Balaban J connectivity index is 1.35. The first-order chi connectivity index (χ1) is 15.6. The Bertz CT molecular complexity index is 1060. The number of nitrogens with one attached hydrogen (secondary N) is 1. The number of ether oxygens (including phenoxy) is 1. The van der Waals surface area contributed by atoms with Gasteiger partial charge in [-0.25, -0.2) is 4.39 Å². The lowest BCUT2D eigenvalue weighted by Crippen LogP contribution is -2.41. The highest BCUT2D eigenvalue weighted by Crippen LogP contribution is 2.25. The molecule has 3 aromatic carbocycles. The molecule has 2 amide bonds. The molecule has 32 heavy (non-hydrogen) atoms. The Morgan fingerprint density at radius 2 is 1.56 bits per heavy atom. The predicted molar refractivity (Wildman–Crippen MR) is 121 cm³/mol. The Morgan fingerprint density at radius 1 is 0.906 bits per heavy atom. The Hall–Kier alpha value is -3.67. The van der Waals surface area contributed by atoms with Crippen LogP contribution in [0.5, 0.6) is 5.75 Å². The molecule has 164 valence electrons. The maximum absolute atomic E-state index is 13.1. The largest absolute Gasteiger partial charge is 0.488 e. The van der Waals surface area contributed by atoms with Crippen molar-refractivity contribution in [3.05, 3.63) is 95.8 Å². The summed E-state index contributed by atoms with van der Waals surface area (Å²) in [5.41, 5.74) is 2.09. The monoisotopic (exact) mass is 432 g/mol. The van der Waals surface area contributed by atoms with E-state index in [4.69, 9.17) is 4.74 Å². The van der Waals surface area contributed by atoms with Crippen molar-refractivity contribution >= 4 is 17.5 Å². The first kappa shape index (κ1) is 21.6. The van der Waals surface area contributed by atoms with Crippen LogP contribution in [-0.2, 0) is 11.4 Å². The minimum Gasteiger partial charge on any atom is -0.488 e. The quantitative estimate of drug-likeness (QED) is 0.603. The van der Waals surface area contributed by atoms with Crippen molar-refractivity contribution in [2.24, 2.45) is 5.92 Å². The molecular weight excluding hydrogens is 407 g/mol. The smallest absolute Gasteiger partial charge is 0.257 e. The Morgan fingerprint density at radius 3 is 2.28 bits per heavy atom. The molecule has 0 saturated carbocycles. The predicted octanol–water partition coefficient (Wildman–Crippen LogP) is 4.90. The zero-order chi connectivity index (χ0) is 22.3. The molecule has 6 heteroatoms. The molecule has 5 nitrogen and oxygen atoms in total. The van der Waals surface area contributed by atoms with Crippen LogP contribution >= 0.6 is 0 Å². The number of benzene rings is 3. The Labute approximate surface area is 186 Å². The van der Waals surface area contributed by atoms with Crippen molar-refractivity contribution in [3.63, 3.8) is 0 Å². The highest BCUT2D eigenvalue weighted by atomic mass is 19.1. The van der Waals surface area contributed by atoms with Gasteiger partial charge in [-0.2, -0.15) is 0 Å². The molecule has 0 aromatic heterocycles. The van der Waals surface area contributed by atoms with E-state index in [1.54, 1.807) is 35.2 Å². The summed E-state index contributed by atoms with van der Waals surface area (Å²) >= 11 is 0. The van der Waals surface area contributed by atoms with Gasteiger partial charge in [0.2, 0.25) is 5.91 Å². The number of rotatable bonds is 6. The third kappa shape index (κ3) is 5.32. The molecule has 1 fully saturated rings. The minimum absolute atomic E-state index is 0.00803. The van der Waals surface area contributed by atoms with E-state index in [0.29, 0.717) is 37.2 Å². The summed E-state index contributed by atoms with van der Waals surface area (Å²) in [5.74, 6) is -0.0480. The summed E-state index contributed by atoms with van der Waals surface area (Å²) in [6.07, 6.45) is 1.23. The number of amides is 2. The standard InChI is InChI=1S/C26H25FN2O3/c27-21-12-10-19(11-13-21)18-32-24-9-5-4-8-23(24)26(31)29-16-14-20(15-17-29)25(30)28-22-6-2-1-3-7-22/h1-13,20H,14-18H2,(H,28,30). The van der Waals surface area contributed by atoms with Crippen LogP contribution in [0.15, 0.2) is 78.9 Å². The normalized spacial score (nSPS) is 14.1. The molecule has 0 aliphatic carbocycles. The number of anilines is 1. The summed E-state index contributed by atoms with van der Waals surface area (Å²) < 4.78 is 19.0. The summed E-state index contributed by atoms with van der Waals surface area (Å²) in [5, 5.41) is 2.95. The highest BCUT2D eigenvalue weighted by molar-refractivity contribution is 5.97. The van der Waals surface area contributed by atoms with E-state index < -0.39 is 0 Å². The second-order valence-corrected chi connectivity index (χ2v) is 7.83. The Kier molecular flexibility index (Phi) is 6.80. The van der Waals surface area contributed by atoms with Gasteiger partial charge < -0.3 is 15.0 Å². The molecule has 0 unspecified atom stereocenters. The lowest BCUT2D eigenvalue weighted by atomic mass is 9.95. The summed E-state index contributed by atoms with van der Waals surface area (Å²) in [4.78, 5) is 27.5. The molecular formula is C26H25FN2O3. The van der Waals surface area contributed by atoms with Crippen LogP contribution in [-0.4, -0.2) is 29.8 Å². The number of likely N-dealkylation sites (tertiary alicyclic amines) is 1. The van der Waals surface area contributed by atoms with E-state index in [1.807, 2.05) is 36.4 Å². The van der Waals surface area contributed by atoms with E-state index in [9.17, 15) is 14.0 Å². The molecule has 4 rings (SSSR count). The van der Waals surface area contributed by atoms with Crippen molar-refractivity contribution in [2.75, 3.05) is 18.4 Å². The van der Waals surface area contributed by atoms with Crippen LogP contribution in [0.25, 0.3) is 0 Å². The molecule has 0 spiro atoms. The molecule has 0 atom stereocenters. The van der Waals surface area contributed by atoms with Crippen molar-refractivity contribution in [1.29, 1.82) is 0 Å². The fourth-order valence-corrected chi connectivity index (χ4v) is 3.79. The van der Waals surface area contributed by atoms with Crippen LogP contribution in [0.3, 0.4) is 0 Å². The number of hydrogen-bond acceptors (Lipinski definition) is 3. The second kappa shape index (κ2) is 10.1. The lowest BCUT2D eigenvalue weighted by Gasteiger charge is -2.31. The van der Waals surface area contributed by atoms with Crippen LogP contribution in [0, 0.1) is 11.7 Å². The van der Waals surface area contributed by atoms with Crippen LogP contribution in [0.1, 0.15) is 28.8 Å². The van der Waals surface area contributed by atoms with Crippen LogP contribution < -0.4 is 10.1 Å². The molecule has 1 heterocycles. The number of hydrogen-bond donors (Lipinski definition) is 1. The maximum atomic E-state index is 13.1. The SMILES string of the molecule is O=C(Nc1ccccc1)C1CCN(C(=O)c2ccccc2OCc2ccc(F)cc2)CC1. The highest BCUT2D eigenvalue weighted by Gasteiger charge is 2.29. The van der Waals surface area contributed by atoms with Gasteiger partial charge in [0.15, 0.2) is 0 Å². The number of halogens is 1. The van der Waals surface area contributed by atoms with Gasteiger partial charge in [-0.15, -0.1) is 0 Å². The van der Waals surface area contributed by atoms with Crippen LogP contribution in [0.2, 0.25) is 0 Å². The molecule has 1 saturated heterocycles. The van der Waals surface area contributed by atoms with Crippen molar-refractivity contribution in [3.8, 4) is 5.75 Å². The van der Waals surface area contributed by atoms with E-state index in [-0.39, 0.29) is 30.2 Å². The maximum Gasteiger partial charge on any atom is 0.257 e. The summed E-state index contributed by atoms with van der Waals surface area (Å²) in [6, 6.07) is 22.6. The first-order valence-corrected chi connectivity index (χ1v) is 10.7.